The Morgan fingerprint density at radius 1 is 1.40 bits per heavy atom. The Kier molecular flexibility index (Phi) is 2.96. The zero-order valence-electron chi connectivity index (χ0n) is 9.61. The molecule has 82 valence electrons. The van der Waals surface area contributed by atoms with E-state index in [0.717, 1.165) is 12.5 Å². The summed E-state index contributed by atoms with van der Waals surface area (Å²) in [4.78, 5) is 2.35. The van der Waals surface area contributed by atoms with Crippen molar-refractivity contribution in [3.05, 3.63) is 29.8 Å². The van der Waals surface area contributed by atoms with Crippen LogP contribution in [0.25, 0.3) is 0 Å². The Morgan fingerprint density at radius 3 is 2.60 bits per heavy atom. The SMILES string of the molecule is Cc1ccccc1N(C)C(CN)C1CC1. The van der Waals surface area contributed by atoms with E-state index in [1.807, 2.05) is 0 Å². The van der Waals surface area contributed by atoms with Gasteiger partial charge in [0.1, 0.15) is 0 Å². The van der Waals surface area contributed by atoms with E-state index in [1.54, 1.807) is 0 Å². The Morgan fingerprint density at radius 2 is 2.07 bits per heavy atom. The Balaban J connectivity index is 2.18. The first-order valence-electron chi connectivity index (χ1n) is 5.72. The number of rotatable bonds is 4. The molecule has 1 unspecified atom stereocenters. The minimum Gasteiger partial charge on any atom is -0.370 e. The Hall–Kier alpha value is -1.02. The van der Waals surface area contributed by atoms with Crippen LogP contribution < -0.4 is 10.6 Å². The third-order valence-corrected chi connectivity index (χ3v) is 3.40. The van der Waals surface area contributed by atoms with E-state index >= 15 is 0 Å². The van der Waals surface area contributed by atoms with Gasteiger partial charge >= 0.3 is 0 Å². The number of anilines is 1. The number of para-hydroxylation sites is 1. The van der Waals surface area contributed by atoms with Crippen LogP contribution in [-0.4, -0.2) is 19.6 Å². The van der Waals surface area contributed by atoms with Crippen molar-refractivity contribution >= 4 is 5.69 Å². The molecule has 2 heteroatoms. The number of hydrogen-bond donors (Lipinski definition) is 1. The number of hydrogen-bond acceptors (Lipinski definition) is 2. The zero-order chi connectivity index (χ0) is 10.8. The number of aryl methyl sites for hydroxylation is 1. The molecule has 1 aliphatic rings. The highest BCUT2D eigenvalue weighted by molar-refractivity contribution is 5.53. The van der Waals surface area contributed by atoms with E-state index in [4.69, 9.17) is 5.73 Å². The predicted molar refractivity (Wildman–Crippen MR) is 65.1 cm³/mol. The molecule has 1 aliphatic carbocycles. The number of likely N-dealkylation sites (N-methyl/N-ethyl adjacent to an activating group) is 1. The van der Waals surface area contributed by atoms with Crippen LogP contribution in [0.1, 0.15) is 18.4 Å². The second kappa shape index (κ2) is 4.23. The molecule has 1 saturated carbocycles. The third kappa shape index (κ3) is 2.15. The zero-order valence-corrected chi connectivity index (χ0v) is 9.61. The van der Waals surface area contributed by atoms with Crippen molar-refractivity contribution in [2.24, 2.45) is 11.7 Å². The number of benzene rings is 1. The van der Waals surface area contributed by atoms with E-state index in [0.29, 0.717) is 6.04 Å². The first kappa shape index (κ1) is 10.5. The smallest absolute Gasteiger partial charge is 0.0437 e. The monoisotopic (exact) mass is 204 g/mol. The Bertz CT molecular complexity index is 331. The molecule has 0 amide bonds. The van der Waals surface area contributed by atoms with E-state index in [9.17, 15) is 0 Å². The fourth-order valence-corrected chi connectivity index (χ4v) is 2.29. The molecule has 1 atom stereocenters. The summed E-state index contributed by atoms with van der Waals surface area (Å²) in [5, 5.41) is 0. The molecule has 0 aliphatic heterocycles. The van der Waals surface area contributed by atoms with Crippen molar-refractivity contribution in [2.45, 2.75) is 25.8 Å². The van der Waals surface area contributed by atoms with Gasteiger partial charge in [0.05, 0.1) is 0 Å². The van der Waals surface area contributed by atoms with E-state index in [-0.39, 0.29) is 0 Å². The van der Waals surface area contributed by atoms with Crippen molar-refractivity contribution < 1.29 is 0 Å². The highest BCUT2D eigenvalue weighted by Gasteiger charge is 2.33. The van der Waals surface area contributed by atoms with Crippen LogP contribution in [0, 0.1) is 12.8 Å². The fourth-order valence-electron chi connectivity index (χ4n) is 2.29. The lowest BCUT2D eigenvalue weighted by Crippen LogP contribution is -2.40. The van der Waals surface area contributed by atoms with Gasteiger partial charge in [0.2, 0.25) is 0 Å². The quantitative estimate of drug-likeness (QED) is 0.814. The summed E-state index contributed by atoms with van der Waals surface area (Å²) in [6.07, 6.45) is 2.69. The normalized spacial score (nSPS) is 17.5. The van der Waals surface area contributed by atoms with Gasteiger partial charge in [-0.3, -0.25) is 0 Å². The molecule has 0 radical (unpaired) electrons. The van der Waals surface area contributed by atoms with E-state index < -0.39 is 0 Å². The predicted octanol–water partition coefficient (Wildman–Crippen LogP) is 2.17. The molecular weight excluding hydrogens is 184 g/mol. The summed E-state index contributed by atoms with van der Waals surface area (Å²) < 4.78 is 0. The van der Waals surface area contributed by atoms with Gasteiger partial charge in [0.15, 0.2) is 0 Å². The van der Waals surface area contributed by atoms with Crippen molar-refractivity contribution in [3.8, 4) is 0 Å². The van der Waals surface area contributed by atoms with Crippen molar-refractivity contribution in [2.75, 3.05) is 18.5 Å². The first-order valence-corrected chi connectivity index (χ1v) is 5.72. The van der Waals surface area contributed by atoms with Crippen LogP contribution in [0.3, 0.4) is 0 Å². The summed E-state index contributed by atoms with van der Waals surface area (Å²) in [6, 6.07) is 9.04. The third-order valence-electron chi connectivity index (χ3n) is 3.40. The van der Waals surface area contributed by atoms with Gasteiger partial charge in [0, 0.05) is 25.3 Å². The van der Waals surface area contributed by atoms with E-state index in [1.165, 1.54) is 24.1 Å². The molecule has 0 bridgehead atoms. The molecule has 0 saturated heterocycles. The summed E-state index contributed by atoms with van der Waals surface area (Å²) >= 11 is 0. The standard InChI is InChI=1S/C13H20N2/c1-10-5-3-4-6-12(10)15(2)13(9-14)11-7-8-11/h3-6,11,13H,7-9,14H2,1-2H3. The number of nitrogens with two attached hydrogens (primary N) is 1. The van der Waals surface area contributed by atoms with Gasteiger partial charge in [-0.1, -0.05) is 18.2 Å². The second-order valence-corrected chi connectivity index (χ2v) is 4.54. The van der Waals surface area contributed by atoms with Crippen molar-refractivity contribution in [1.82, 2.24) is 0 Å². The topological polar surface area (TPSA) is 29.3 Å². The van der Waals surface area contributed by atoms with Crippen LogP contribution in [-0.2, 0) is 0 Å². The first-order chi connectivity index (χ1) is 7.24. The van der Waals surface area contributed by atoms with Gasteiger partial charge in [0.25, 0.3) is 0 Å². The minimum absolute atomic E-state index is 0.520. The number of nitrogens with zero attached hydrogens (tertiary/aromatic N) is 1. The molecule has 2 nitrogen and oxygen atoms in total. The lowest BCUT2D eigenvalue weighted by atomic mass is 10.1. The summed E-state index contributed by atoms with van der Waals surface area (Å²) in [5.74, 6) is 0.819. The van der Waals surface area contributed by atoms with Crippen LogP contribution in [0.15, 0.2) is 24.3 Å². The molecule has 1 aromatic rings. The maximum atomic E-state index is 5.86. The molecule has 0 aromatic heterocycles. The molecule has 1 fully saturated rings. The van der Waals surface area contributed by atoms with Gasteiger partial charge in [-0.25, -0.2) is 0 Å². The highest BCUT2D eigenvalue weighted by Crippen LogP contribution is 2.36. The van der Waals surface area contributed by atoms with Gasteiger partial charge in [-0.15, -0.1) is 0 Å². The average molecular weight is 204 g/mol. The molecular formula is C13H20N2. The van der Waals surface area contributed by atoms with Gasteiger partial charge in [-0.2, -0.15) is 0 Å². The van der Waals surface area contributed by atoms with Crippen molar-refractivity contribution in [3.63, 3.8) is 0 Å². The fraction of sp³-hybridized carbons (Fsp3) is 0.538. The molecule has 2 N–H and O–H groups in total. The molecule has 0 heterocycles. The van der Waals surface area contributed by atoms with Gasteiger partial charge in [-0.05, 0) is 37.3 Å². The van der Waals surface area contributed by atoms with E-state index in [2.05, 4.69) is 43.1 Å². The van der Waals surface area contributed by atoms with Crippen molar-refractivity contribution in [1.29, 1.82) is 0 Å². The van der Waals surface area contributed by atoms with Crippen LogP contribution >= 0.6 is 0 Å². The summed E-state index contributed by atoms with van der Waals surface area (Å²) in [6.45, 7) is 2.92. The lowest BCUT2D eigenvalue weighted by molar-refractivity contribution is 0.570. The average Bonchev–Trinajstić information content (AvgIpc) is 3.03. The highest BCUT2D eigenvalue weighted by atomic mass is 15.2. The minimum atomic E-state index is 0.520. The largest absolute Gasteiger partial charge is 0.370 e. The summed E-state index contributed by atoms with van der Waals surface area (Å²) in [5.41, 5.74) is 8.51. The molecule has 1 aromatic carbocycles. The molecule has 15 heavy (non-hydrogen) atoms. The molecule has 0 spiro atoms. The summed E-state index contributed by atoms with van der Waals surface area (Å²) in [7, 11) is 2.16. The van der Waals surface area contributed by atoms with Gasteiger partial charge < -0.3 is 10.6 Å². The Labute approximate surface area is 92.1 Å². The van der Waals surface area contributed by atoms with Crippen LogP contribution in [0.4, 0.5) is 5.69 Å². The second-order valence-electron chi connectivity index (χ2n) is 4.54. The maximum Gasteiger partial charge on any atom is 0.0437 e. The van der Waals surface area contributed by atoms with Crippen LogP contribution in [0.5, 0.6) is 0 Å². The molecule has 2 rings (SSSR count). The van der Waals surface area contributed by atoms with Crippen LogP contribution in [0.2, 0.25) is 0 Å². The maximum absolute atomic E-state index is 5.86. The lowest BCUT2D eigenvalue weighted by Gasteiger charge is -2.30.